The number of nitrogens with one attached hydrogen (secondary N) is 1. The fourth-order valence-electron chi connectivity index (χ4n) is 3.17. The summed E-state index contributed by atoms with van der Waals surface area (Å²) >= 11 is 0. The van der Waals surface area contributed by atoms with E-state index in [-0.39, 0.29) is 17.0 Å². The first-order chi connectivity index (χ1) is 12.6. The van der Waals surface area contributed by atoms with Crippen molar-refractivity contribution in [2.24, 2.45) is 0 Å². The molecule has 1 aromatic carbocycles. The second kappa shape index (κ2) is 7.67. The molecule has 3 rings (SSSR count). The molecule has 6 heteroatoms. The lowest BCUT2D eigenvalue weighted by atomic mass is 10.0. The Balaban J connectivity index is 1.80. The van der Waals surface area contributed by atoms with Crippen LogP contribution in [0.15, 0.2) is 36.5 Å². The number of benzene rings is 1. The molecule has 0 unspecified atom stereocenters. The summed E-state index contributed by atoms with van der Waals surface area (Å²) < 4.78 is 0. The molecular formula is C20H19N5O. The summed E-state index contributed by atoms with van der Waals surface area (Å²) in [5, 5.41) is 20.9. The number of nitriles is 2. The Morgan fingerprint density at radius 2 is 2.00 bits per heavy atom. The van der Waals surface area contributed by atoms with E-state index >= 15 is 0 Å². The van der Waals surface area contributed by atoms with Crippen molar-refractivity contribution in [3.8, 4) is 12.1 Å². The van der Waals surface area contributed by atoms with Crippen LogP contribution < -0.4 is 10.2 Å². The van der Waals surface area contributed by atoms with Gasteiger partial charge in [-0.15, -0.1) is 0 Å². The lowest BCUT2D eigenvalue weighted by Crippen LogP contribution is -2.38. The third kappa shape index (κ3) is 3.65. The Morgan fingerprint density at radius 3 is 2.73 bits per heavy atom. The van der Waals surface area contributed by atoms with E-state index in [1.165, 1.54) is 18.6 Å². The van der Waals surface area contributed by atoms with Crippen molar-refractivity contribution < 1.29 is 4.79 Å². The second-order valence-corrected chi connectivity index (χ2v) is 6.38. The van der Waals surface area contributed by atoms with Crippen molar-refractivity contribution in [3.05, 3.63) is 53.2 Å². The van der Waals surface area contributed by atoms with Gasteiger partial charge in [0.2, 0.25) is 0 Å². The zero-order valence-electron chi connectivity index (χ0n) is 14.6. The van der Waals surface area contributed by atoms with Crippen LogP contribution in [0.2, 0.25) is 0 Å². The second-order valence-electron chi connectivity index (χ2n) is 6.38. The predicted molar refractivity (Wildman–Crippen MR) is 98.7 cm³/mol. The summed E-state index contributed by atoms with van der Waals surface area (Å²) in [5.74, 6) is 0.536. The number of aromatic nitrogens is 1. The van der Waals surface area contributed by atoms with E-state index in [4.69, 9.17) is 10.5 Å². The Kier molecular flexibility index (Phi) is 5.15. The van der Waals surface area contributed by atoms with Gasteiger partial charge in [-0.25, -0.2) is 4.98 Å². The van der Waals surface area contributed by atoms with Gasteiger partial charge in [-0.2, -0.15) is 10.5 Å². The summed E-state index contributed by atoms with van der Waals surface area (Å²) in [4.78, 5) is 19.2. The minimum Gasteiger partial charge on any atom is -0.354 e. The SMILES string of the molecule is C[C@H]1CCCCN1c1cc(C(=O)Nc2ccc(C#N)c(C#N)c2)ccn1. The Labute approximate surface area is 152 Å². The van der Waals surface area contributed by atoms with Crippen LogP contribution in [0.1, 0.15) is 47.7 Å². The summed E-state index contributed by atoms with van der Waals surface area (Å²) in [6, 6.07) is 12.5. The minimum absolute atomic E-state index is 0.239. The predicted octanol–water partition coefficient (Wildman–Crippen LogP) is 3.46. The summed E-state index contributed by atoms with van der Waals surface area (Å²) in [7, 11) is 0. The fourth-order valence-corrected chi connectivity index (χ4v) is 3.17. The molecular weight excluding hydrogens is 326 g/mol. The molecule has 130 valence electrons. The van der Waals surface area contributed by atoms with Gasteiger partial charge < -0.3 is 10.2 Å². The molecule has 0 radical (unpaired) electrons. The van der Waals surface area contributed by atoms with Crippen molar-refractivity contribution in [1.29, 1.82) is 10.5 Å². The quantitative estimate of drug-likeness (QED) is 0.919. The van der Waals surface area contributed by atoms with Gasteiger partial charge in [-0.05, 0) is 56.5 Å². The van der Waals surface area contributed by atoms with Crippen LogP contribution >= 0.6 is 0 Å². The number of anilines is 2. The number of piperidine rings is 1. The van der Waals surface area contributed by atoms with Gasteiger partial charge in [0.1, 0.15) is 18.0 Å². The molecule has 1 aliphatic heterocycles. The van der Waals surface area contributed by atoms with Crippen molar-refractivity contribution in [2.45, 2.75) is 32.2 Å². The number of rotatable bonds is 3. The molecule has 1 N–H and O–H groups in total. The number of nitrogens with zero attached hydrogens (tertiary/aromatic N) is 4. The van der Waals surface area contributed by atoms with Crippen LogP contribution in [0.4, 0.5) is 11.5 Å². The zero-order valence-corrected chi connectivity index (χ0v) is 14.6. The molecule has 0 saturated carbocycles. The summed E-state index contributed by atoms with van der Waals surface area (Å²) in [6.45, 7) is 3.12. The van der Waals surface area contributed by atoms with E-state index in [1.807, 2.05) is 12.1 Å². The first-order valence-corrected chi connectivity index (χ1v) is 8.60. The van der Waals surface area contributed by atoms with Crippen LogP contribution in [-0.4, -0.2) is 23.5 Å². The van der Waals surface area contributed by atoms with Gasteiger partial charge in [0.15, 0.2) is 0 Å². The molecule has 1 amide bonds. The van der Waals surface area contributed by atoms with E-state index in [1.54, 1.807) is 24.4 Å². The Hall–Kier alpha value is -3.38. The van der Waals surface area contributed by atoms with E-state index in [9.17, 15) is 4.79 Å². The maximum Gasteiger partial charge on any atom is 0.255 e. The van der Waals surface area contributed by atoms with Crippen LogP contribution in [0.3, 0.4) is 0 Å². The third-order valence-electron chi connectivity index (χ3n) is 4.62. The fraction of sp³-hybridized carbons (Fsp3) is 0.300. The number of amides is 1. The smallest absolute Gasteiger partial charge is 0.255 e. The van der Waals surface area contributed by atoms with Crippen LogP contribution in [0.25, 0.3) is 0 Å². The van der Waals surface area contributed by atoms with Crippen LogP contribution in [-0.2, 0) is 0 Å². The minimum atomic E-state index is -0.271. The summed E-state index contributed by atoms with van der Waals surface area (Å²) in [6.07, 6.45) is 5.12. The standard InChI is InChI=1S/C20H19N5O/c1-14-4-2-3-9-25(14)19-11-15(7-8-23-19)20(26)24-18-6-5-16(12-21)17(10-18)13-22/h5-8,10-11,14H,2-4,9H2,1H3,(H,24,26)/t14-/m0/s1. The van der Waals surface area contributed by atoms with Crippen molar-refractivity contribution >= 4 is 17.4 Å². The number of hydrogen-bond donors (Lipinski definition) is 1. The first kappa shape index (κ1) is 17.4. The van der Waals surface area contributed by atoms with Gasteiger partial charge >= 0.3 is 0 Å². The maximum absolute atomic E-state index is 12.6. The zero-order chi connectivity index (χ0) is 18.5. The van der Waals surface area contributed by atoms with Crippen molar-refractivity contribution in [1.82, 2.24) is 4.98 Å². The van der Waals surface area contributed by atoms with E-state index in [2.05, 4.69) is 22.1 Å². The molecule has 1 fully saturated rings. The number of carbonyl (C=O) groups excluding carboxylic acids is 1. The highest BCUT2D eigenvalue weighted by molar-refractivity contribution is 6.04. The molecule has 1 aliphatic rings. The molecule has 26 heavy (non-hydrogen) atoms. The molecule has 1 saturated heterocycles. The number of hydrogen-bond acceptors (Lipinski definition) is 5. The monoisotopic (exact) mass is 345 g/mol. The molecule has 1 atom stereocenters. The van der Waals surface area contributed by atoms with Crippen LogP contribution in [0, 0.1) is 22.7 Å². The molecule has 0 bridgehead atoms. The van der Waals surface area contributed by atoms with Gasteiger partial charge in [-0.3, -0.25) is 4.79 Å². The molecule has 2 heterocycles. The van der Waals surface area contributed by atoms with Gasteiger partial charge in [0, 0.05) is 30.0 Å². The Morgan fingerprint density at radius 1 is 1.19 bits per heavy atom. The molecule has 2 aromatic rings. The summed E-state index contributed by atoms with van der Waals surface area (Å²) in [5.41, 5.74) is 1.52. The van der Waals surface area contributed by atoms with Gasteiger partial charge in [-0.1, -0.05) is 0 Å². The van der Waals surface area contributed by atoms with Gasteiger partial charge in [0.05, 0.1) is 11.1 Å². The normalized spacial score (nSPS) is 16.4. The highest BCUT2D eigenvalue weighted by atomic mass is 16.1. The molecule has 0 aliphatic carbocycles. The first-order valence-electron chi connectivity index (χ1n) is 8.60. The maximum atomic E-state index is 12.6. The highest BCUT2D eigenvalue weighted by Gasteiger charge is 2.20. The average Bonchev–Trinajstić information content (AvgIpc) is 2.68. The van der Waals surface area contributed by atoms with E-state index in [0.29, 0.717) is 17.3 Å². The van der Waals surface area contributed by atoms with Gasteiger partial charge in [0.25, 0.3) is 5.91 Å². The van der Waals surface area contributed by atoms with Crippen LogP contribution in [0.5, 0.6) is 0 Å². The largest absolute Gasteiger partial charge is 0.354 e. The molecule has 0 spiro atoms. The lowest BCUT2D eigenvalue weighted by Gasteiger charge is -2.34. The number of pyridine rings is 1. The third-order valence-corrected chi connectivity index (χ3v) is 4.62. The van der Waals surface area contributed by atoms with E-state index < -0.39 is 0 Å². The molecule has 1 aromatic heterocycles. The van der Waals surface area contributed by atoms with Crippen molar-refractivity contribution in [3.63, 3.8) is 0 Å². The number of carbonyl (C=O) groups is 1. The molecule has 6 nitrogen and oxygen atoms in total. The average molecular weight is 345 g/mol. The lowest BCUT2D eigenvalue weighted by molar-refractivity contribution is 0.102. The topological polar surface area (TPSA) is 92.8 Å². The van der Waals surface area contributed by atoms with Crippen molar-refractivity contribution in [2.75, 3.05) is 16.8 Å². The highest BCUT2D eigenvalue weighted by Crippen LogP contribution is 2.24. The van der Waals surface area contributed by atoms with E-state index in [0.717, 1.165) is 25.2 Å². The Bertz CT molecular complexity index is 909.